The first kappa shape index (κ1) is 19.5. The second-order valence-corrected chi connectivity index (χ2v) is 6.31. The average Bonchev–Trinajstić information content (AvgIpc) is 3.07. The first-order chi connectivity index (χ1) is 12.7. The summed E-state index contributed by atoms with van der Waals surface area (Å²) in [5.41, 5.74) is 1.34. The van der Waals surface area contributed by atoms with Gasteiger partial charge in [-0.1, -0.05) is 30.3 Å². The Balaban J connectivity index is 1.61. The quantitative estimate of drug-likeness (QED) is 0.381. The normalized spacial score (nSPS) is 14.2. The van der Waals surface area contributed by atoms with Gasteiger partial charge in [-0.15, -0.1) is 0 Å². The van der Waals surface area contributed by atoms with Crippen molar-refractivity contribution in [3.8, 4) is 6.07 Å². The smallest absolute Gasteiger partial charge is 0.263 e. The summed E-state index contributed by atoms with van der Waals surface area (Å²) in [6.07, 6.45) is 5.59. The molecular weight excluding hydrogens is 328 g/mol. The van der Waals surface area contributed by atoms with Crippen LogP contribution in [0.4, 0.5) is 0 Å². The Kier molecular flexibility index (Phi) is 8.20. The number of amides is 2. The van der Waals surface area contributed by atoms with Crippen LogP contribution in [0.3, 0.4) is 0 Å². The van der Waals surface area contributed by atoms with Crippen LogP contribution in [0.1, 0.15) is 31.2 Å². The van der Waals surface area contributed by atoms with Crippen LogP contribution in [0.25, 0.3) is 0 Å². The van der Waals surface area contributed by atoms with Gasteiger partial charge in [0, 0.05) is 38.8 Å². The van der Waals surface area contributed by atoms with E-state index in [-0.39, 0.29) is 17.4 Å². The molecule has 0 atom stereocenters. The maximum atomic E-state index is 12.0. The van der Waals surface area contributed by atoms with E-state index in [0.29, 0.717) is 32.5 Å². The summed E-state index contributed by atoms with van der Waals surface area (Å²) in [5.74, 6) is -0.190. The van der Waals surface area contributed by atoms with Crippen molar-refractivity contribution in [1.82, 2.24) is 15.5 Å². The van der Waals surface area contributed by atoms with E-state index in [2.05, 4.69) is 22.8 Å². The summed E-state index contributed by atoms with van der Waals surface area (Å²) in [4.78, 5) is 25.3. The highest BCUT2D eigenvalue weighted by Gasteiger charge is 2.19. The Morgan fingerprint density at radius 1 is 1.23 bits per heavy atom. The van der Waals surface area contributed by atoms with E-state index in [1.807, 2.05) is 29.2 Å². The van der Waals surface area contributed by atoms with Gasteiger partial charge in [-0.25, -0.2) is 0 Å². The van der Waals surface area contributed by atoms with E-state index in [9.17, 15) is 9.59 Å². The van der Waals surface area contributed by atoms with E-state index in [4.69, 9.17) is 5.26 Å². The van der Waals surface area contributed by atoms with Crippen LogP contribution in [0.15, 0.2) is 42.1 Å². The molecule has 6 heteroatoms. The van der Waals surface area contributed by atoms with E-state index in [0.717, 1.165) is 25.8 Å². The summed E-state index contributed by atoms with van der Waals surface area (Å²) in [6, 6.07) is 12.1. The fourth-order valence-corrected chi connectivity index (χ4v) is 2.87. The first-order valence-corrected chi connectivity index (χ1v) is 9.14. The van der Waals surface area contributed by atoms with E-state index >= 15 is 0 Å². The maximum Gasteiger partial charge on any atom is 0.263 e. The van der Waals surface area contributed by atoms with Crippen molar-refractivity contribution in [2.24, 2.45) is 0 Å². The van der Waals surface area contributed by atoms with Crippen LogP contribution >= 0.6 is 0 Å². The van der Waals surface area contributed by atoms with Crippen molar-refractivity contribution >= 4 is 11.8 Å². The minimum Gasteiger partial charge on any atom is -0.390 e. The third kappa shape index (κ3) is 6.60. The summed E-state index contributed by atoms with van der Waals surface area (Å²) in [6.45, 7) is 2.62. The topological polar surface area (TPSA) is 85.2 Å². The summed E-state index contributed by atoms with van der Waals surface area (Å²) in [7, 11) is 0. The molecule has 1 aromatic carbocycles. The van der Waals surface area contributed by atoms with Gasteiger partial charge in [-0.3, -0.25) is 9.59 Å². The van der Waals surface area contributed by atoms with Crippen LogP contribution in [0.5, 0.6) is 0 Å². The van der Waals surface area contributed by atoms with Crippen molar-refractivity contribution in [3.05, 3.63) is 47.7 Å². The van der Waals surface area contributed by atoms with Crippen LogP contribution in [-0.2, 0) is 16.0 Å². The highest BCUT2D eigenvalue weighted by molar-refractivity contribution is 5.97. The molecule has 0 unspecified atom stereocenters. The Morgan fingerprint density at radius 2 is 2.04 bits per heavy atom. The zero-order valence-electron chi connectivity index (χ0n) is 15.0. The number of nitrogens with zero attached hydrogens (tertiary/aromatic N) is 2. The number of hydrogen-bond acceptors (Lipinski definition) is 4. The minimum atomic E-state index is -0.379. The summed E-state index contributed by atoms with van der Waals surface area (Å²) < 4.78 is 0. The maximum absolute atomic E-state index is 12.0. The fraction of sp³-hybridized carbons (Fsp3) is 0.450. The van der Waals surface area contributed by atoms with Gasteiger partial charge in [-0.05, 0) is 31.2 Å². The summed E-state index contributed by atoms with van der Waals surface area (Å²) >= 11 is 0. The predicted octanol–water partition coefficient (Wildman–Crippen LogP) is 1.74. The fourth-order valence-electron chi connectivity index (χ4n) is 2.87. The molecule has 0 aromatic heterocycles. The lowest BCUT2D eigenvalue weighted by Crippen LogP contribution is -2.31. The number of carbonyl (C=O) groups is 2. The molecule has 1 aromatic rings. The first-order valence-electron chi connectivity index (χ1n) is 9.14. The zero-order valence-corrected chi connectivity index (χ0v) is 15.0. The molecule has 1 aliphatic rings. The highest BCUT2D eigenvalue weighted by atomic mass is 16.2. The summed E-state index contributed by atoms with van der Waals surface area (Å²) in [5, 5.41) is 14.9. The average molecular weight is 354 g/mol. The number of rotatable bonds is 10. The van der Waals surface area contributed by atoms with E-state index in [1.54, 1.807) is 0 Å². The van der Waals surface area contributed by atoms with E-state index in [1.165, 1.54) is 11.8 Å². The molecule has 0 saturated carbocycles. The molecule has 0 spiro atoms. The van der Waals surface area contributed by atoms with Crippen molar-refractivity contribution in [3.63, 3.8) is 0 Å². The van der Waals surface area contributed by atoms with Crippen molar-refractivity contribution in [1.29, 1.82) is 5.26 Å². The van der Waals surface area contributed by atoms with Crippen molar-refractivity contribution < 1.29 is 9.59 Å². The van der Waals surface area contributed by atoms with Crippen LogP contribution < -0.4 is 10.6 Å². The molecular formula is C20H26N4O2. The standard InChI is InChI=1S/C20H26N4O2/c21-15-18(16-22-11-4-9-17-7-2-1-3-8-17)20(26)23-12-6-14-24-13-5-10-19(24)25/h1-3,7-8,16,22H,4-6,9-14H2,(H,23,26)/b18-16-. The number of hydrogen-bond donors (Lipinski definition) is 2. The van der Waals surface area contributed by atoms with Gasteiger partial charge in [0.25, 0.3) is 5.91 Å². The Labute approximate surface area is 154 Å². The van der Waals surface area contributed by atoms with Crippen LogP contribution in [-0.4, -0.2) is 42.9 Å². The Morgan fingerprint density at radius 3 is 2.73 bits per heavy atom. The van der Waals surface area contributed by atoms with Gasteiger partial charge in [0.1, 0.15) is 11.6 Å². The molecule has 26 heavy (non-hydrogen) atoms. The van der Waals surface area contributed by atoms with Crippen LogP contribution in [0, 0.1) is 11.3 Å². The predicted molar refractivity (Wildman–Crippen MR) is 99.9 cm³/mol. The third-order valence-electron chi connectivity index (χ3n) is 4.30. The zero-order chi connectivity index (χ0) is 18.6. The second kappa shape index (κ2) is 10.9. The number of carbonyl (C=O) groups excluding carboxylic acids is 2. The molecule has 2 rings (SSSR count). The lowest BCUT2D eigenvalue weighted by molar-refractivity contribution is -0.127. The number of benzene rings is 1. The number of likely N-dealkylation sites (tertiary alicyclic amines) is 1. The molecule has 0 bridgehead atoms. The molecule has 1 saturated heterocycles. The molecule has 0 radical (unpaired) electrons. The highest BCUT2D eigenvalue weighted by Crippen LogP contribution is 2.09. The SMILES string of the molecule is N#C/C(=C/NCCCc1ccccc1)C(=O)NCCCN1CCCC1=O. The van der Waals surface area contributed by atoms with Crippen molar-refractivity contribution in [2.45, 2.75) is 32.1 Å². The van der Waals surface area contributed by atoms with Crippen molar-refractivity contribution in [2.75, 3.05) is 26.2 Å². The minimum absolute atomic E-state index is 0.0713. The molecule has 138 valence electrons. The van der Waals surface area contributed by atoms with Gasteiger partial charge >= 0.3 is 0 Å². The van der Waals surface area contributed by atoms with Gasteiger partial charge in [0.15, 0.2) is 0 Å². The van der Waals surface area contributed by atoms with Gasteiger partial charge in [0.05, 0.1) is 0 Å². The molecule has 1 fully saturated rings. The third-order valence-corrected chi connectivity index (χ3v) is 4.30. The lowest BCUT2D eigenvalue weighted by atomic mass is 10.1. The monoisotopic (exact) mass is 354 g/mol. The Hall–Kier alpha value is -2.81. The molecule has 2 amide bonds. The Bertz CT molecular complexity index is 664. The largest absolute Gasteiger partial charge is 0.390 e. The number of nitrogens with one attached hydrogen (secondary N) is 2. The molecule has 6 nitrogen and oxygen atoms in total. The van der Waals surface area contributed by atoms with Gasteiger partial charge in [-0.2, -0.15) is 5.26 Å². The number of nitriles is 1. The van der Waals surface area contributed by atoms with Gasteiger partial charge < -0.3 is 15.5 Å². The number of aryl methyl sites for hydroxylation is 1. The van der Waals surface area contributed by atoms with E-state index < -0.39 is 0 Å². The molecule has 1 heterocycles. The molecule has 0 aliphatic carbocycles. The second-order valence-electron chi connectivity index (χ2n) is 6.31. The van der Waals surface area contributed by atoms with Gasteiger partial charge in [0.2, 0.25) is 5.91 Å². The molecule has 2 N–H and O–H groups in total. The molecule has 1 aliphatic heterocycles. The van der Waals surface area contributed by atoms with Crippen LogP contribution in [0.2, 0.25) is 0 Å². The lowest BCUT2D eigenvalue weighted by Gasteiger charge is -2.15.